The number of rotatable bonds is 4. The Balaban J connectivity index is 1.43. The summed E-state index contributed by atoms with van der Waals surface area (Å²) in [5, 5.41) is 16.3. The molecule has 2 aromatic heterocycles. The van der Waals surface area contributed by atoms with Crippen molar-refractivity contribution in [2.75, 3.05) is 11.9 Å². The largest absolute Gasteiger partial charge is 0.493 e. The molecule has 0 bridgehead atoms. The van der Waals surface area contributed by atoms with Crippen molar-refractivity contribution in [2.45, 2.75) is 31.7 Å². The van der Waals surface area contributed by atoms with Gasteiger partial charge in [0.15, 0.2) is 0 Å². The number of benzene rings is 1. The summed E-state index contributed by atoms with van der Waals surface area (Å²) in [6.07, 6.45) is 5.12. The van der Waals surface area contributed by atoms with Crippen LogP contribution in [-0.2, 0) is 13.0 Å². The van der Waals surface area contributed by atoms with Gasteiger partial charge in [0.25, 0.3) is 0 Å². The summed E-state index contributed by atoms with van der Waals surface area (Å²) in [5.74, 6) is 1.62. The van der Waals surface area contributed by atoms with E-state index >= 15 is 0 Å². The maximum absolute atomic E-state index is 5.56. The van der Waals surface area contributed by atoms with Crippen LogP contribution in [0.3, 0.4) is 0 Å². The monoisotopic (exact) mass is 307 g/mol. The fraction of sp³-hybridized carbons (Fsp3) is 0.353. The minimum Gasteiger partial charge on any atom is -0.493 e. The van der Waals surface area contributed by atoms with Crippen molar-refractivity contribution in [2.24, 2.45) is 0 Å². The fourth-order valence-corrected chi connectivity index (χ4v) is 3.10. The third kappa shape index (κ3) is 2.30. The summed E-state index contributed by atoms with van der Waals surface area (Å²) < 4.78 is 7.33. The maximum Gasteiger partial charge on any atom is 0.200 e. The second-order valence-corrected chi connectivity index (χ2v) is 6.25. The lowest BCUT2D eigenvalue weighted by Gasteiger charge is -2.10. The Morgan fingerprint density at radius 2 is 2.22 bits per heavy atom. The third-order valence-electron chi connectivity index (χ3n) is 4.52. The maximum atomic E-state index is 5.56. The Kier molecular flexibility index (Phi) is 2.76. The molecular weight excluding hydrogens is 290 g/mol. The summed E-state index contributed by atoms with van der Waals surface area (Å²) in [7, 11) is 0. The van der Waals surface area contributed by atoms with Crippen molar-refractivity contribution >= 4 is 11.3 Å². The zero-order valence-electron chi connectivity index (χ0n) is 12.7. The van der Waals surface area contributed by atoms with Crippen LogP contribution in [0.15, 0.2) is 30.6 Å². The molecule has 0 unspecified atom stereocenters. The SMILES string of the molecule is c1cc2c(cc1CNc1cc(C3CC3)nn3cnnc13)CCO2. The molecule has 6 heteroatoms. The van der Waals surface area contributed by atoms with Crippen molar-refractivity contribution in [3.8, 4) is 5.75 Å². The van der Waals surface area contributed by atoms with Gasteiger partial charge in [0.2, 0.25) is 5.65 Å². The van der Waals surface area contributed by atoms with E-state index < -0.39 is 0 Å². The van der Waals surface area contributed by atoms with E-state index in [1.54, 1.807) is 10.8 Å². The first-order chi connectivity index (χ1) is 11.4. The van der Waals surface area contributed by atoms with Gasteiger partial charge in [-0.25, -0.2) is 0 Å². The molecule has 1 aliphatic carbocycles. The summed E-state index contributed by atoms with van der Waals surface area (Å²) in [6, 6.07) is 8.52. The highest BCUT2D eigenvalue weighted by Crippen LogP contribution is 2.40. The highest BCUT2D eigenvalue weighted by molar-refractivity contribution is 5.67. The average Bonchev–Trinajstić information content (AvgIpc) is 3.13. The van der Waals surface area contributed by atoms with E-state index in [-0.39, 0.29) is 0 Å². The van der Waals surface area contributed by atoms with Crippen molar-refractivity contribution in [3.05, 3.63) is 47.4 Å². The number of nitrogens with one attached hydrogen (secondary N) is 1. The minimum absolute atomic E-state index is 0.597. The minimum atomic E-state index is 0.597. The summed E-state index contributed by atoms with van der Waals surface area (Å²) >= 11 is 0. The quantitative estimate of drug-likeness (QED) is 0.802. The second kappa shape index (κ2) is 4.94. The molecule has 1 aliphatic heterocycles. The van der Waals surface area contributed by atoms with Gasteiger partial charge < -0.3 is 10.1 Å². The first kappa shape index (κ1) is 12.9. The van der Waals surface area contributed by atoms with Crippen LogP contribution >= 0.6 is 0 Å². The molecule has 0 atom stereocenters. The number of anilines is 1. The van der Waals surface area contributed by atoms with Crippen LogP contribution in [0.25, 0.3) is 5.65 Å². The van der Waals surface area contributed by atoms with Crippen LogP contribution in [-0.4, -0.2) is 26.4 Å². The number of fused-ring (bicyclic) bond motifs is 2. The van der Waals surface area contributed by atoms with E-state index in [2.05, 4.69) is 44.9 Å². The third-order valence-corrected chi connectivity index (χ3v) is 4.52. The first-order valence-corrected chi connectivity index (χ1v) is 8.06. The van der Waals surface area contributed by atoms with E-state index in [1.165, 1.54) is 24.0 Å². The van der Waals surface area contributed by atoms with Gasteiger partial charge in [0.1, 0.15) is 12.1 Å². The Hall–Kier alpha value is -2.63. The van der Waals surface area contributed by atoms with Gasteiger partial charge >= 0.3 is 0 Å². The van der Waals surface area contributed by atoms with Gasteiger partial charge in [0, 0.05) is 18.9 Å². The molecule has 116 valence electrons. The van der Waals surface area contributed by atoms with Crippen LogP contribution in [0, 0.1) is 0 Å². The van der Waals surface area contributed by atoms with Crippen molar-refractivity contribution < 1.29 is 4.74 Å². The lowest BCUT2D eigenvalue weighted by atomic mass is 10.1. The number of aromatic nitrogens is 4. The molecule has 1 aromatic carbocycles. The summed E-state index contributed by atoms with van der Waals surface area (Å²) in [4.78, 5) is 0. The van der Waals surface area contributed by atoms with Gasteiger partial charge in [-0.15, -0.1) is 10.2 Å². The first-order valence-electron chi connectivity index (χ1n) is 8.06. The molecule has 0 radical (unpaired) electrons. The molecule has 23 heavy (non-hydrogen) atoms. The van der Waals surface area contributed by atoms with E-state index in [0.717, 1.165) is 42.4 Å². The van der Waals surface area contributed by atoms with E-state index in [9.17, 15) is 0 Å². The number of nitrogens with zero attached hydrogens (tertiary/aromatic N) is 4. The zero-order valence-corrected chi connectivity index (χ0v) is 12.7. The molecular formula is C17H17N5O. The van der Waals surface area contributed by atoms with Gasteiger partial charge in [-0.1, -0.05) is 12.1 Å². The Morgan fingerprint density at radius 1 is 1.26 bits per heavy atom. The summed E-state index contributed by atoms with van der Waals surface area (Å²) in [6.45, 7) is 1.55. The van der Waals surface area contributed by atoms with Crippen LogP contribution in [0.1, 0.15) is 35.6 Å². The van der Waals surface area contributed by atoms with Gasteiger partial charge in [-0.3, -0.25) is 0 Å². The molecule has 0 amide bonds. The van der Waals surface area contributed by atoms with Crippen LogP contribution in [0.4, 0.5) is 5.69 Å². The molecule has 1 saturated carbocycles. The zero-order chi connectivity index (χ0) is 15.2. The smallest absolute Gasteiger partial charge is 0.200 e. The molecule has 3 aromatic rings. The van der Waals surface area contributed by atoms with Crippen molar-refractivity contribution in [1.82, 2.24) is 19.8 Å². The molecule has 0 saturated heterocycles. The molecule has 1 N–H and O–H groups in total. The van der Waals surface area contributed by atoms with Crippen LogP contribution in [0.5, 0.6) is 5.75 Å². The normalized spacial score (nSPS) is 16.3. The Morgan fingerprint density at radius 3 is 3.13 bits per heavy atom. The predicted molar refractivity (Wildman–Crippen MR) is 85.7 cm³/mol. The van der Waals surface area contributed by atoms with E-state index in [4.69, 9.17) is 4.74 Å². The van der Waals surface area contributed by atoms with Crippen LogP contribution in [0.2, 0.25) is 0 Å². The van der Waals surface area contributed by atoms with Crippen LogP contribution < -0.4 is 10.1 Å². The van der Waals surface area contributed by atoms with Gasteiger partial charge in [-0.05, 0) is 36.1 Å². The lowest BCUT2D eigenvalue weighted by molar-refractivity contribution is 0.357. The van der Waals surface area contributed by atoms with E-state index in [1.807, 2.05) is 0 Å². The molecule has 2 aliphatic rings. The molecule has 1 fully saturated rings. The standard InChI is InChI=1S/C17H17N5O/c1-4-16-13(5-6-23-16)7-11(1)9-18-15-8-14(12-2-3-12)21-22-10-19-20-17(15)22/h1,4,7-8,10,12,18H,2-3,5-6,9H2. The van der Waals surface area contributed by atoms with Crippen molar-refractivity contribution in [3.63, 3.8) is 0 Å². The predicted octanol–water partition coefficient (Wildman–Crippen LogP) is 2.55. The average molecular weight is 307 g/mol. The summed E-state index contributed by atoms with van der Waals surface area (Å²) in [5.41, 5.74) is 5.44. The van der Waals surface area contributed by atoms with Gasteiger partial charge in [0.05, 0.1) is 18.0 Å². The fourth-order valence-electron chi connectivity index (χ4n) is 3.10. The molecule has 6 nitrogen and oxygen atoms in total. The second-order valence-electron chi connectivity index (χ2n) is 6.25. The Labute approximate surface area is 133 Å². The number of hydrogen-bond acceptors (Lipinski definition) is 5. The highest BCUT2D eigenvalue weighted by atomic mass is 16.5. The number of hydrogen-bond donors (Lipinski definition) is 1. The molecule has 5 rings (SSSR count). The number of ether oxygens (including phenoxy) is 1. The molecule has 0 spiro atoms. The highest BCUT2D eigenvalue weighted by Gasteiger charge is 2.26. The Bertz CT molecular complexity index is 884. The van der Waals surface area contributed by atoms with Gasteiger partial charge in [-0.2, -0.15) is 9.61 Å². The topological polar surface area (TPSA) is 64.3 Å². The van der Waals surface area contributed by atoms with E-state index in [0.29, 0.717) is 5.92 Å². The lowest BCUT2D eigenvalue weighted by Crippen LogP contribution is -2.05. The van der Waals surface area contributed by atoms with Crippen molar-refractivity contribution in [1.29, 1.82) is 0 Å². The molecule has 3 heterocycles.